The van der Waals surface area contributed by atoms with Gasteiger partial charge in [-0.25, -0.2) is 4.98 Å². The summed E-state index contributed by atoms with van der Waals surface area (Å²) in [6, 6.07) is 7.65. The topological polar surface area (TPSA) is 59.5 Å². The van der Waals surface area contributed by atoms with Crippen LogP contribution in [-0.2, 0) is 0 Å². The highest BCUT2D eigenvalue weighted by Gasteiger charge is 2.16. The molecule has 1 aliphatic rings. The van der Waals surface area contributed by atoms with Crippen molar-refractivity contribution in [2.24, 2.45) is 0 Å². The molecule has 1 aromatic heterocycles. The van der Waals surface area contributed by atoms with Gasteiger partial charge in [0, 0.05) is 36.6 Å². The van der Waals surface area contributed by atoms with Crippen molar-refractivity contribution < 1.29 is 9.47 Å². The monoisotopic (exact) mass is 314 g/mol. The first kappa shape index (κ1) is 15.4. The minimum absolute atomic E-state index is 0.683. The molecule has 3 rings (SSSR count). The Kier molecular flexibility index (Phi) is 4.50. The van der Waals surface area contributed by atoms with Crippen LogP contribution in [0.1, 0.15) is 18.5 Å². The first-order valence-corrected chi connectivity index (χ1v) is 7.79. The summed E-state index contributed by atoms with van der Waals surface area (Å²) in [5, 5.41) is 3.32. The zero-order valence-corrected chi connectivity index (χ0v) is 13.8. The standard InChI is InChI=1S/C17H22N4O2/c1-12-10-16(20-17(18-12)21-8-4-5-9-21)19-13-6-7-14(22-2)15(11-13)23-3/h6-7,10-11H,4-5,8-9H2,1-3H3,(H,18,19,20). The second kappa shape index (κ2) is 6.73. The number of nitrogens with one attached hydrogen (secondary N) is 1. The van der Waals surface area contributed by atoms with Gasteiger partial charge in [-0.3, -0.25) is 0 Å². The fourth-order valence-electron chi connectivity index (χ4n) is 2.74. The van der Waals surface area contributed by atoms with E-state index in [-0.39, 0.29) is 0 Å². The van der Waals surface area contributed by atoms with Crippen LogP contribution in [0, 0.1) is 6.92 Å². The summed E-state index contributed by atoms with van der Waals surface area (Å²) in [7, 11) is 3.25. The van der Waals surface area contributed by atoms with Crippen LogP contribution in [0.25, 0.3) is 0 Å². The van der Waals surface area contributed by atoms with Crippen LogP contribution < -0.4 is 19.7 Å². The van der Waals surface area contributed by atoms with E-state index >= 15 is 0 Å². The Balaban J connectivity index is 1.84. The van der Waals surface area contributed by atoms with Gasteiger partial charge in [-0.2, -0.15) is 4.98 Å². The average molecular weight is 314 g/mol. The van der Waals surface area contributed by atoms with Gasteiger partial charge < -0.3 is 19.7 Å². The summed E-state index contributed by atoms with van der Waals surface area (Å²) < 4.78 is 10.6. The van der Waals surface area contributed by atoms with E-state index in [0.29, 0.717) is 11.5 Å². The third-order valence-electron chi connectivity index (χ3n) is 3.89. The molecule has 6 nitrogen and oxygen atoms in total. The Morgan fingerprint density at radius 2 is 1.74 bits per heavy atom. The molecule has 1 N–H and O–H groups in total. The van der Waals surface area contributed by atoms with E-state index in [1.807, 2.05) is 31.2 Å². The number of benzene rings is 1. The SMILES string of the molecule is COc1ccc(Nc2cc(C)nc(N3CCCC3)n2)cc1OC. The van der Waals surface area contributed by atoms with Crippen LogP contribution in [0.5, 0.6) is 11.5 Å². The van der Waals surface area contributed by atoms with Crippen molar-refractivity contribution in [3.63, 3.8) is 0 Å². The van der Waals surface area contributed by atoms with Gasteiger partial charge in [0.05, 0.1) is 14.2 Å². The minimum Gasteiger partial charge on any atom is -0.493 e. The number of hydrogen-bond donors (Lipinski definition) is 1. The highest BCUT2D eigenvalue weighted by atomic mass is 16.5. The number of ether oxygens (including phenoxy) is 2. The van der Waals surface area contributed by atoms with Crippen LogP contribution in [0.3, 0.4) is 0 Å². The quantitative estimate of drug-likeness (QED) is 0.915. The average Bonchev–Trinajstić information content (AvgIpc) is 3.08. The Labute approximate surface area is 136 Å². The molecule has 1 aromatic carbocycles. The van der Waals surface area contributed by atoms with E-state index in [4.69, 9.17) is 9.47 Å². The minimum atomic E-state index is 0.683. The van der Waals surface area contributed by atoms with Crippen LogP contribution in [0.2, 0.25) is 0 Å². The lowest BCUT2D eigenvalue weighted by Gasteiger charge is -2.17. The molecule has 0 atom stereocenters. The van der Waals surface area contributed by atoms with Crippen molar-refractivity contribution >= 4 is 17.5 Å². The number of hydrogen-bond acceptors (Lipinski definition) is 6. The van der Waals surface area contributed by atoms with Gasteiger partial charge >= 0.3 is 0 Å². The Morgan fingerprint density at radius 1 is 1.00 bits per heavy atom. The lowest BCUT2D eigenvalue weighted by molar-refractivity contribution is 0.355. The summed E-state index contributed by atoms with van der Waals surface area (Å²) in [6.45, 7) is 4.04. The highest BCUT2D eigenvalue weighted by Crippen LogP contribution is 2.31. The maximum atomic E-state index is 5.34. The number of nitrogens with zero attached hydrogens (tertiary/aromatic N) is 3. The number of anilines is 3. The Morgan fingerprint density at radius 3 is 2.43 bits per heavy atom. The second-order valence-corrected chi connectivity index (χ2v) is 5.58. The van der Waals surface area contributed by atoms with Gasteiger partial charge in [-0.1, -0.05) is 0 Å². The summed E-state index contributed by atoms with van der Waals surface area (Å²) in [5.74, 6) is 2.97. The van der Waals surface area contributed by atoms with Gasteiger partial charge in [-0.05, 0) is 31.9 Å². The normalized spacial score (nSPS) is 14.0. The van der Waals surface area contributed by atoms with Crippen molar-refractivity contribution in [3.8, 4) is 11.5 Å². The summed E-state index contributed by atoms with van der Waals surface area (Å²) in [5.41, 5.74) is 1.85. The van der Waals surface area contributed by atoms with E-state index in [1.54, 1.807) is 14.2 Å². The van der Waals surface area contributed by atoms with E-state index in [9.17, 15) is 0 Å². The lowest BCUT2D eigenvalue weighted by atomic mass is 10.2. The van der Waals surface area contributed by atoms with Crippen molar-refractivity contribution in [3.05, 3.63) is 30.0 Å². The Hall–Kier alpha value is -2.50. The van der Waals surface area contributed by atoms with Crippen LogP contribution in [0.4, 0.5) is 17.5 Å². The van der Waals surface area contributed by atoms with Crippen LogP contribution in [0.15, 0.2) is 24.3 Å². The third kappa shape index (κ3) is 3.47. The van der Waals surface area contributed by atoms with Gasteiger partial charge in [0.1, 0.15) is 5.82 Å². The maximum absolute atomic E-state index is 5.34. The predicted octanol–water partition coefficient (Wildman–Crippen LogP) is 3.15. The largest absolute Gasteiger partial charge is 0.493 e. The molecule has 23 heavy (non-hydrogen) atoms. The number of rotatable bonds is 5. The molecule has 1 aliphatic heterocycles. The van der Waals surface area contributed by atoms with Gasteiger partial charge in [-0.15, -0.1) is 0 Å². The summed E-state index contributed by atoms with van der Waals surface area (Å²) >= 11 is 0. The molecule has 0 amide bonds. The third-order valence-corrected chi connectivity index (χ3v) is 3.89. The molecule has 0 saturated carbocycles. The first-order chi connectivity index (χ1) is 11.2. The lowest BCUT2D eigenvalue weighted by Crippen LogP contribution is -2.21. The zero-order chi connectivity index (χ0) is 16.2. The Bertz CT molecular complexity index is 684. The zero-order valence-electron chi connectivity index (χ0n) is 13.8. The molecule has 0 unspecified atom stereocenters. The number of aryl methyl sites for hydroxylation is 1. The van der Waals surface area contributed by atoms with Crippen molar-refractivity contribution in [1.29, 1.82) is 0 Å². The van der Waals surface area contributed by atoms with E-state index in [2.05, 4.69) is 20.2 Å². The molecule has 0 radical (unpaired) electrons. The van der Waals surface area contributed by atoms with Gasteiger partial charge in [0.2, 0.25) is 5.95 Å². The van der Waals surface area contributed by atoms with E-state index in [0.717, 1.165) is 36.2 Å². The molecule has 2 heterocycles. The molecule has 0 aliphatic carbocycles. The van der Waals surface area contributed by atoms with Crippen molar-refractivity contribution in [1.82, 2.24) is 9.97 Å². The molecule has 0 bridgehead atoms. The van der Waals surface area contributed by atoms with Gasteiger partial charge in [0.25, 0.3) is 0 Å². The molecule has 1 saturated heterocycles. The van der Waals surface area contributed by atoms with Crippen molar-refractivity contribution in [2.45, 2.75) is 19.8 Å². The summed E-state index contributed by atoms with van der Waals surface area (Å²) in [6.07, 6.45) is 2.41. The van der Waals surface area contributed by atoms with E-state index < -0.39 is 0 Å². The second-order valence-electron chi connectivity index (χ2n) is 5.58. The number of aromatic nitrogens is 2. The molecule has 6 heteroatoms. The van der Waals surface area contributed by atoms with E-state index in [1.165, 1.54) is 12.8 Å². The molecule has 122 valence electrons. The molecule has 1 fully saturated rings. The van der Waals surface area contributed by atoms with Crippen LogP contribution >= 0.6 is 0 Å². The predicted molar refractivity (Wildman–Crippen MR) is 91.0 cm³/mol. The maximum Gasteiger partial charge on any atom is 0.227 e. The summed E-state index contributed by atoms with van der Waals surface area (Å²) in [4.78, 5) is 11.4. The molecular weight excluding hydrogens is 292 g/mol. The van der Waals surface area contributed by atoms with Crippen molar-refractivity contribution in [2.75, 3.05) is 37.5 Å². The fraction of sp³-hybridized carbons (Fsp3) is 0.412. The van der Waals surface area contributed by atoms with Gasteiger partial charge in [0.15, 0.2) is 11.5 Å². The highest BCUT2D eigenvalue weighted by molar-refractivity contribution is 5.62. The molecule has 0 spiro atoms. The number of methoxy groups -OCH3 is 2. The van der Waals surface area contributed by atoms with Crippen LogP contribution in [-0.4, -0.2) is 37.3 Å². The smallest absolute Gasteiger partial charge is 0.227 e. The molecular formula is C17H22N4O2. The molecule has 2 aromatic rings. The first-order valence-electron chi connectivity index (χ1n) is 7.79. The fourth-order valence-corrected chi connectivity index (χ4v) is 2.74.